The van der Waals surface area contributed by atoms with E-state index in [0.29, 0.717) is 16.4 Å². The Balaban J connectivity index is 1.32. The molecule has 37 heavy (non-hydrogen) atoms. The molecule has 2 N–H and O–H groups in total. The van der Waals surface area contributed by atoms with E-state index in [1.807, 2.05) is 23.6 Å². The van der Waals surface area contributed by atoms with E-state index in [0.717, 1.165) is 49.6 Å². The molecule has 200 valence electrons. The topological polar surface area (TPSA) is 91.8 Å². The molecule has 2 aromatic rings. The highest BCUT2D eigenvalue weighted by molar-refractivity contribution is 7.99. The third-order valence-electron chi connectivity index (χ3n) is 8.85. The Morgan fingerprint density at radius 3 is 2.62 bits per heavy atom. The zero-order valence-electron chi connectivity index (χ0n) is 22.0. The second kappa shape index (κ2) is 10.6. The number of aliphatic hydroxyl groups excluding tert-OH is 1. The number of methoxy groups -OCH3 is 1. The third-order valence-corrected chi connectivity index (χ3v) is 10.8. The van der Waals surface area contributed by atoms with E-state index in [1.54, 1.807) is 42.7 Å². The van der Waals surface area contributed by atoms with Gasteiger partial charge < -0.3 is 14.7 Å². The first-order chi connectivity index (χ1) is 17.7. The zero-order valence-corrected chi connectivity index (χ0v) is 23.7. The fourth-order valence-electron chi connectivity index (χ4n) is 6.77. The molecule has 1 aromatic heterocycles. The van der Waals surface area contributed by atoms with Crippen molar-refractivity contribution >= 4 is 40.0 Å². The Morgan fingerprint density at radius 2 is 1.95 bits per heavy atom. The van der Waals surface area contributed by atoms with Crippen molar-refractivity contribution in [3.63, 3.8) is 0 Å². The Hall–Kier alpha value is -2.10. The summed E-state index contributed by atoms with van der Waals surface area (Å²) in [7, 11) is 1.60. The number of amides is 2. The van der Waals surface area contributed by atoms with Crippen molar-refractivity contribution in [3.8, 4) is 5.75 Å². The van der Waals surface area contributed by atoms with Gasteiger partial charge in [0.25, 0.3) is 5.91 Å². The van der Waals surface area contributed by atoms with Gasteiger partial charge in [0.15, 0.2) is 5.13 Å². The van der Waals surface area contributed by atoms with Crippen molar-refractivity contribution in [1.82, 2.24) is 9.88 Å². The Labute approximate surface area is 227 Å². The molecule has 2 heterocycles. The third kappa shape index (κ3) is 5.02. The first-order valence-corrected chi connectivity index (χ1v) is 15.2. The number of rotatable bonds is 5. The summed E-state index contributed by atoms with van der Waals surface area (Å²) in [6, 6.07) is 7.01. The first kappa shape index (κ1) is 26.5. The number of nitrogens with one attached hydrogen (secondary N) is 1. The lowest BCUT2D eigenvalue weighted by atomic mass is 9.53. The summed E-state index contributed by atoms with van der Waals surface area (Å²) in [5.41, 5.74) is 1.47. The van der Waals surface area contributed by atoms with Crippen LogP contribution >= 0.6 is 23.1 Å². The number of nitrogens with zero attached hydrogens (tertiary/aromatic N) is 2. The minimum absolute atomic E-state index is 0.0261. The number of thioether (sulfide) groups is 1. The van der Waals surface area contributed by atoms with Gasteiger partial charge >= 0.3 is 0 Å². The van der Waals surface area contributed by atoms with Crippen LogP contribution in [0.15, 0.2) is 24.3 Å². The summed E-state index contributed by atoms with van der Waals surface area (Å²) in [5, 5.41) is 15.3. The molecule has 1 aromatic carbocycles. The summed E-state index contributed by atoms with van der Waals surface area (Å²) in [6.07, 6.45) is 2.11. The van der Waals surface area contributed by atoms with E-state index in [4.69, 9.17) is 9.72 Å². The van der Waals surface area contributed by atoms with Crippen LogP contribution in [0, 0.1) is 23.2 Å². The van der Waals surface area contributed by atoms with E-state index in [9.17, 15) is 14.7 Å². The van der Waals surface area contributed by atoms with Gasteiger partial charge in [-0.1, -0.05) is 20.8 Å². The average molecular weight is 544 g/mol. The molecule has 2 fully saturated rings. The van der Waals surface area contributed by atoms with Crippen LogP contribution in [0.4, 0.5) is 5.13 Å². The van der Waals surface area contributed by atoms with Crippen LogP contribution in [0.25, 0.3) is 0 Å². The van der Waals surface area contributed by atoms with Gasteiger partial charge in [0.05, 0.1) is 18.9 Å². The van der Waals surface area contributed by atoms with Crippen molar-refractivity contribution in [1.29, 1.82) is 0 Å². The molecule has 0 spiro atoms. The van der Waals surface area contributed by atoms with Crippen molar-refractivity contribution in [2.24, 2.45) is 23.2 Å². The van der Waals surface area contributed by atoms with Crippen molar-refractivity contribution < 1.29 is 19.4 Å². The molecule has 1 aliphatic heterocycles. The molecule has 2 amide bonds. The van der Waals surface area contributed by atoms with Crippen molar-refractivity contribution in [2.75, 3.05) is 37.0 Å². The van der Waals surface area contributed by atoms with Crippen LogP contribution in [-0.2, 0) is 11.2 Å². The van der Waals surface area contributed by atoms with Crippen LogP contribution in [0.5, 0.6) is 5.75 Å². The summed E-state index contributed by atoms with van der Waals surface area (Å²) in [6.45, 7) is 8.05. The first-order valence-electron chi connectivity index (χ1n) is 13.2. The number of carbonyl (C=O) groups is 2. The Kier molecular flexibility index (Phi) is 7.58. The molecule has 9 heteroatoms. The normalized spacial score (nSPS) is 30.1. The number of ether oxygens (including phenoxy) is 1. The van der Waals surface area contributed by atoms with Crippen LogP contribution in [-0.4, -0.2) is 64.6 Å². The van der Waals surface area contributed by atoms with Gasteiger partial charge in [-0.3, -0.25) is 14.9 Å². The maximum absolute atomic E-state index is 13.3. The fourth-order valence-corrected chi connectivity index (χ4v) is 8.93. The van der Waals surface area contributed by atoms with E-state index in [1.165, 1.54) is 4.88 Å². The molecule has 1 saturated heterocycles. The van der Waals surface area contributed by atoms with E-state index < -0.39 is 6.10 Å². The predicted octanol–water partition coefficient (Wildman–Crippen LogP) is 4.67. The molecule has 5 rings (SSSR count). The quantitative estimate of drug-likeness (QED) is 0.570. The lowest BCUT2D eigenvalue weighted by molar-refractivity contribution is -0.144. The van der Waals surface area contributed by atoms with Crippen LogP contribution < -0.4 is 10.1 Å². The number of hydrogen-bond acceptors (Lipinski definition) is 7. The van der Waals surface area contributed by atoms with Gasteiger partial charge in [0.2, 0.25) is 5.91 Å². The van der Waals surface area contributed by atoms with Gasteiger partial charge in [-0.2, -0.15) is 11.8 Å². The number of hydrogen-bond donors (Lipinski definition) is 2. The molecule has 3 aliphatic rings. The molecular weight excluding hydrogens is 506 g/mol. The SMILES string of the molecule is COc1ccc(C(=O)Nc2nc3c(s2)C[C@]2(C)CCC([C@H](C)C(=O)N4CCSCC4)[C@H](O)[C@H]2[C@@H]3C)cc1. The molecule has 7 nitrogen and oxygen atoms in total. The zero-order chi connectivity index (χ0) is 26.3. The number of fused-ring (bicyclic) bond motifs is 2. The summed E-state index contributed by atoms with van der Waals surface area (Å²) in [4.78, 5) is 34.1. The van der Waals surface area contributed by atoms with Crippen molar-refractivity contribution in [3.05, 3.63) is 40.4 Å². The molecule has 1 unspecified atom stereocenters. The number of thiazole rings is 1. The maximum atomic E-state index is 13.3. The highest BCUT2D eigenvalue weighted by Crippen LogP contribution is 2.57. The molecule has 0 radical (unpaired) electrons. The fraction of sp³-hybridized carbons (Fsp3) is 0.607. The van der Waals surface area contributed by atoms with Crippen LogP contribution in [0.2, 0.25) is 0 Å². The summed E-state index contributed by atoms with van der Waals surface area (Å²) in [5.74, 6) is 2.52. The molecule has 6 atom stereocenters. The predicted molar refractivity (Wildman–Crippen MR) is 149 cm³/mol. The standard InChI is InChI=1S/C28H37N3O4S2/c1-16(26(34)31-11-13-36-14-12-31)20-9-10-28(3)15-21-23(17(2)22(28)24(20)32)29-27(37-21)30-25(33)18-5-7-19(35-4)8-6-18/h5-8,16-17,20,22,24,32H,9-15H2,1-4H3,(H,29,30,33)/t16-,17-,20?,22+,24-,28-/m0/s1. The van der Waals surface area contributed by atoms with Crippen LogP contribution in [0.3, 0.4) is 0 Å². The van der Waals surface area contributed by atoms with Gasteiger partial charge in [-0.15, -0.1) is 11.3 Å². The maximum Gasteiger partial charge on any atom is 0.257 e. The molecule has 2 aliphatic carbocycles. The largest absolute Gasteiger partial charge is 0.497 e. The highest BCUT2D eigenvalue weighted by Gasteiger charge is 2.54. The van der Waals surface area contributed by atoms with E-state index in [2.05, 4.69) is 19.2 Å². The van der Waals surface area contributed by atoms with Crippen LogP contribution in [0.1, 0.15) is 60.5 Å². The van der Waals surface area contributed by atoms with E-state index >= 15 is 0 Å². The molecule has 0 bridgehead atoms. The number of carbonyl (C=O) groups excluding carboxylic acids is 2. The second-order valence-corrected chi connectivity index (χ2v) is 13.4. The summed E-state index contributed by atoms with van der Waals surface area (Å²) >= 11 is 3.44. The molecular formula is C28H37N3O4S2. The van der Waals surface area contributed by atoms with Gasteiger partial charge in [0.1, 0.15) is 5.75 Å². The highest BCUT2D eigenvalue weighted by atomic mass is 32.2. The summed E-state index contributed by atoms with van der Waals surface area (Å²) < 4.78 is 5.18. The lowest BCUT2D eigenvalue weighted by Gasteiger charge is -2.53. The minimum atomic E-state index is -0.556. The number of aromatic nitrogens is 1. The number of anilines is 1. The minimum Gasteiger partial charge on any atom is -0.497 e. The van der Waals surface area contributed by atoms with Gasteiger partial charge in [0, 0.05) is 46.9 Å². The average Bonchev–Trinajstić information content (AvgIpc) is 3.30. The lowest BCUT2D eigenvalue weighted by Crippen LogP contribution is -2.54. The number of benzene rings is 1. The Morgan fingerprint density at radius 1 is 1.24 bits per heavy atom. The van der Waals surface area contributed by atoms with E-state index in [-0.39, 0.29) is 40.9 Å². The number of aliphatic hydroxyl groups is 1. The Bertz CT molecular complexity index is 1150. The monoisotopic (exact) mass is 543 g/mol. The smallest absolute Gasteiger partial charge is 0.257 e. The van der Waals surface area contributed by atoms with Crippen molar-refractivity contribution in [2.45, 2.75) is 52.1 Å². The second-order valence-electron chi connectivity index (χ2n) is 11.1. The van der Waals surface area contributed by atoms with Gasteiger partial charge in [-0.05, 0) is 60.8 Å². The molecule has 1 saturated carbocycles. The van der Waals surface area contributed by atoms with Gasteiger partial charge in [-0.25, -0.2) is 4.98 Å².